The number of hydrogen-bond donors (Lipinski definition) is 1. The molecule has 0 aliphatic rings. The van der Waals surface area contributed by atoms with Crippen LogP contribution >= 0.6 is 23.2 Å². The minimum absolute atomic E-state index is 0.0602. The monoisotopic (exact) mass is 323 g/mol. The van der Waals surface area contributed by atoms with E-state index in [4.69, 9.17) is 27.9 Å². The van der Waals surface area contributed by atoms with Gasteiger partial charge >= 0.3 is 0 Å². The summed E-state index contributed by atoms with van der Waals surface area (Å²) in [4.78, 5) is 0. The summed E-state index contributed by atoms with van der Waals surface area (Å²) in [6.45, 7) is 3.86. The Balaban J connectivity index is 2.13. The van der Waals surface area contributed by atoms with E-state index < -0.39 is 0 Å². The van der Waals surface area contributed by atoms with Crippen LogP contribution in [0.15, 0.2) is 48.5 Å². The largest absolute Gasteiger partial charge is 0.484 e. The van der Waals surface area contributed by atoms with Crippen molar-refractivity contribution >= 4 is 23.2 Å². The van der Waals surface area contributed by atoms with Gasteiger partial charge in [-0.2, -0.15) is 0 Å². The van der Waals surface area contributed by atoms with Crippen LogP contribution in [0.3, 0.4) is 0 Å². The predicted octanol–water partition coefficient (Wildman–Crippen LogP) is 5.11. The lowest BCUT2D eigenvalue weighted by molar-refractivity contribution is 0.202. The van der Waals surface area contributed by atoms with Crippen LogP contribution in [0.1, 0.15) is 25.0 Å². The van der Waals surface area contributed by atoms with Gasteiger partial charge in [-0.05, 0) is 30.7 Å². The van der Waals surface area contributed by atoms with Crippen molar-refractivity contribution in [3.63, 3.8) is 0 Å². The second-order valence-electron chi connectivity index (χ2n) is 4.80. The molecule has 4 heteroatoms. The normalized spacial score (nSPS) is 12.1. The maximum absolute atomic E-state index is 6.08. The first-order valence-corrected chi connectivity index (χ1v) is 7.83. The predicted molar refractivity (Wildman–Crippen MR) is 89.4 cm³/mol. The van der Waals surface area contributed by atoms with Crippen LogP contribution in [0.25, 0.3) is 0 Å². The number of ether oxygens (including phenoxy) is 1. The fraction of sp³-hybridized carbons (Fsp3) is 0.294. The molecule has 2 nitrogen and oxygen atoms in total. The molecule has 1 unspecified atom stereocenters. The van der Waals surface area contributed by atoms with Crippen LogP contribution < -0.4 is 10.1 Å². The van der Waals surface area contributed by atoms with E-state index in [1.807, 2.05) is 24.3 Å². The highest BCUT2D eigenvalue weighted by molar-refractivity contribution is 6.42. The third kappa shape index (κ3) is 4.92. The third-order valence-corrected chi connectivity index (χ3v) is 3.84. The highest BCUT2D eigenvalue weighted by Crippen LogP contribution is 2.29. The van der Waals surface area contributed by atoms with E-state index in [-0.39, 0.29) is 6.10 Å². The number of benzene rings is 2. The summed E-state index contributed by atoms with van der Waals surface area (Å²) in [6, 6.07) is 15.5. The Labute approximate surface area is 136 Å². The van der Waals surface area contributed by atoms with Crippen LogP contribution in [-0.4, -0.2) is 13.1 Å². The molecular formula is C17H19Cl2NO. The van der Waals surface area contributed by atoms with E-state index in [0.717, 1.165) is 30.8 Å². The molecule has 0 radical (unpaired) electrons. The van der Waals surface area contributed by atoms with Crippen LogP contribution in [0, 0.1) is 0 Å². The van der Waals surface area contributed by atoms with Gasteiger partial charge in [-0.15, -0.1) is 0 Å². The van der Waals surface area contributed by atoms with Crippen molar-refractivity contribution in [1.29, 1.82) is 0 Å². The number of nitrogens with one attached hydrogen (secondary N) is 1. The van der Waals surface area contributed by atoms with Crippen molar-refractivity contribution in [2.75, 3.05) is 13.1 Å². The third-order valence-electron chi connectivity index (χ3n) is 3.10. The summed E-state index contributed by atoms with van der Waals surface area (Å²) >= 11 is 12.0. The molecule has 0 amide bonds. The number of rotatable bonds is 7. The molecule has 0 saturated carbocycles. The highest BCUT2D eigenvalue weighted by Gasteiger charge is 2.13. The van der Waals surface area contributed by atoms with Gasteiger partial charge in [0.25, 0.3) is 0 Å². The maximum atomic E-state index is 6.08. The molecule has 2 aromatic rings. The first-order chi connectivity index (χ1) is 10.2. The summed E-state index contributed by atoms with van der Waals surface area (Å²) in [7, 11) is 0. The second-order valence-corrected chi connectivity index (χ2v) is 5.61. The molecule has 0 aliphatic carbocycles. The van der Waals surface area contributed by atoms with E-state index >= 15 is 0 Å². The Kier molecular flexibility index (Phi) is 6.37. The Morgan fingerprint density at radius 1 is 1.05 bits per heavy atom. The SMILES string of the molecule is CCCNCC(Oc1ccc(Cl)c(Cl)c1)c1ccccc1. The molecule has 0 bridgehead atoms. The molecule has 0 spiro atoms. The molecule has 1 N–H and O–H groups in total. The van der Waals surface area contributed by atoms with Gasteiger partial charge in [-0.25, -0.2) is 0 Å². The molecule has 1 atom stereocenters. The molecule has 0 saturated heterocycles. The lowest BCUT2D eigenvalue weighted by Gasteiger charge is -2.20. The van der Waals surface area contributed by atoms with Gasteiger partial charge in [0.2, 0.25) is 0 Å². The van der Waals surface area contributed by atoms with Gasteiger partial charge in [-0.3, -0.25) is 0 Å². The molecule has 0 fully saturated rings. The Morgan fingerprint density at radius 2 is 1.81 bits per heavy atom. The van der Waals surface area contributed by atoms with Crippen molar-refractivity contribution in [1.82, 2.24) is 5.32 Å². The molecule has 21 heavy (non-hydrogen) atoms. The topological polar surface area (TPSA) is 21.3 Å². The van der Waals surface area contributed by atoms with Gasteiger partial charge in [-0.1, -0.05) is 60.5 Å². The zero-order valence-electron chi connectivity index (χ0n) is 12.0. The van der Waals surface area contributed by atoms with Gasteiger partial charge in [0, 0.05) is 12.6 Å². The van der Waals surface area contributed by atoms with Crippen LogP contribution in [0.5, 0.6) is 5.75 Å². The fourth-order valence-corrected chi connectivity index (χ4v) is 2.31. The van der Waals surface area contributed by atoms with Crippen LogP contribution in [0.2, 0.25) is 10.0 Å². The van der Waals surface area contributed by atoms with E-state index in [0.29, 0.717) is 10.0 Å². The van der Waals surface area contributed by atoms with Gasteiger partial charge in [0.15, 0.2) is 0 Å². The fourth-order valence-electron chi connectivity index (χ4n) is 2.02. The summed E-state index contributed by atoms with van der Waals surface area (Å²) in [5.74, 6) is 0.719. The lowest BCUT2D eigenvalue weighted by atomic mass is 10.1. The van der Waals surface area contributed by atoms with Crippen LogP contribution in [0.4, 0.5) is 0 Å². The minimum atomic E-state index is -0.0602. The standard InChI is InChI=1S/C17H19Cl2NO/c1-2-10-20-12-17(13-6-4-3-5-7-13)21-14-8-9-15(18)16(19)11-14/h3-9,11,17,20H,2,10,12H2,1H3. The summed E-state index contributed by atoms with van der Waals surface area (Å²) < 4.78 is 6.08. The van der Waals surface area contributed by atoms with Gasteiger partial charge < -0.3 is 10.1 Å². The molecule has 0 aliphatic heterocycles. The molecule has 0 aromatic heterocycles. The first kappa shape index (κ1) is 16.2. The Morgan fingerprint density at radius 3 is 2.48 bits per heavy atom. The lowest BCUT2D eigenvalue weighted by Crippen LogP contribution is -2.25. The number of hydrogen-bond acceptors (Lipinski definition) is 2. The number of halogens is 2. The minimum Gasteiger partial charge on any atom is -0.484 e. The van der Waals surface area contributed by atoms with Crippen LogP contribution in [-0.2, 0) is 0 Å². The smallest absolute Gasteiger partial charge is 0.136 e. The van der Waals surface area contributed by atoms with E-state index in [1.54, 1.807) is 12.1 Å². The van der Waals surface area contributed by atoms with Crippen molar-refractivity contribution in [3.05, 3.63) is 64.1 Å². The Hall–Kier alpha value is -1.22. The summed E-state index contributed by atoms with van der Waals surface area (Å²) in [5, 5.41) is 4.43. The summed E-state index contributed by atoms with van der Waals surface area (Å²) in [6.07, 6.45) is 1.03. The molecule has 0 heterocycles. The quantitative estimate of drug-likeness (QED) is 0.714. The van der Waals surface area contributed by atoms with E-state index in [2.05, 4.69) is 24.4 Å². The maximum Gasteiger partial charge on any atom is 0.136 e. The average Bonchev–Trinajstić information content (AvgIpc) is 2.51. The zero-order valence-corrected chi connectivity index (χ0v) is 13.5. The van der Waals surface area contributed by atoms with Gasteiger partial charge in [0.05, 0.1) is 10.0 Å². The molecule has 2 rings (SSSR count). The van der Waals surface area contributed by atoms with Gasteiger partial charge in [0.1, 0.15) is 11.9 Å². The molecular weight excluding hydrogens is 305 g/mol. The average molecular weight is 324 g/mol. The first-order valence-electron chi connectivity index (χ1n) is 7.08. The second kappa shape index (κ2) is 8.28. The van der Waals surface area contributed by atoms with Crippen molar-refractivity contribution in [2.24, 2.45) is 0 Å². The molecule has 2 aromatic carbocycles. The van der Waals surface area contributed by atoms with Crippen molar-refractivity contribution in [2.45, 2.75) is 19.4 Å². The molecule has 112 valence electrons. The van der Waals surface area contributed by atoms with E-state index in [1.165, 1.54) is 0 Å². The highest BCUT2D eigenvalue weighted by atomic mass is 35.5. The summed E-state index contributed by atoms with van der Waals surface area (Å²) in [5.41, 5.74) is 1.13. The van der Waals surface area contributed by atoms with Crippen molar-refractivity contribution in [3.8, 4) is 5.75 Å². The van der Waals surface area contributed by atoms with E-state index in [9.17, 15) is 0 Å². The Bertz CT molecular complexity index is 560. The zero-order chi connectivity index (χ0) is 15.1. The van der Waals surface area contributed by atoms with Crippen molar-refractivity contribution < 1.29 is 4.74 Å².